The molecule has 3 rings (SSSR count). The van der Waals surface area contributed by atoms with Gasteiger partial charge in [0.25, 0.3) is 11.8 Å². The lowest BCUT2D eigenvalue weighted by molar-refractivity contribution is 0.101. The lowest BCUT2D eigenvalue weighted by Crippen LogP contribution is -2.14. The minimum absolute atomic E-state index is 0.232. The summed E-state index contributed by atoms with van der Waals surface area (Å²) >= 11 is 11.9. The number of nitrogens with zero attached hydrogens (tertiary/aromatic N) is 2. The van der Waals surface area contributed by atoms with E-state index in [1.807, 2.05) is 0 Å². The van der Waals surface area contributed by atoms with Gasteiger partial charge in [0.2, 0.25) is 5.88 Å². The Bertz CT molecular complexity index is 1030. The molecule has 144 valence electrons. The van der Waals surface area contributed by atoms with Crippen molar-refractivity contribution < 1.29 is 14.3 Å². The Labute approximate surface area is 171 Å². The van der Waals surface area contributed by atoms with Crippen molar-refractivity contribution in [2.75, 3.05) is 17.7 Å². The fraction of sp³-hybridized carbons (Fsp3) is 0.105. The first-order valence-corrected chi connectivity index (χ1v) is 8.88. The number of hydrogen-bond acceptors (Lipinski definition) is 4. The normalized spacial score (nSPS) is 10.4. The molecule has 3 aromatic rings. The molecule has 2 N–H and O–H groups in total. The fourth-order valence-corrected chi connectivity index (χ4v) is 2.92. The van der Waals surface area contributed by atoms with E-state index in [1.165, 1.54) is 11.8 Å². The van der Waals surface area contributed by atoms with Crippen LogP contribution in [0.2, 0.25) is 10.0 Å². The second kappa shape index (κ2) is 8.33. The molecule has 0 atom stereocenters. The molecule has 0 spiro atoms. The zero-order valence-corrected chi connectivity index (χ0v) is 16.5. The Hall–Kier alpha value is -3.03. The first kappa shape index (κ1) is 19.7. The van der Waals surface area contributed by atoms with E-state index < -0.39 is 0 Å². The summed E-state index contributed by atoms with van der Waals surface area (Å²) in [5.74, 6) is -0.470. The molecule has 7 nitrogen and oxygen atoms in total. The molecule has 0 bridgehead atoms. The van der Waals surface area contributed by atoms with Crippen molar-refractivity contribution in [3.63, 3.8) is 0 Å². The second-order valence-electron chi connectivity index (χ2n) is 5.84. The summed E-state index contributed by atoms with van der Waals surface area (Å²) in [5.41, 5.74) is 1.70. The lowest BCUT2D eigenvalue weighted by Gasteiger charge is -2.09. The Morgan fingerprint density at radius 2 is 1.75 bits per heavy atom. The zero-order chi connectivity index (χ0) is 20.3. The first-order valence-electron chi connectivity index (χ1n) is 8.13. The number of rotatable bonds is 5. The van der Waals surface area contributed by atoms with E-state index in [4.69, 9.17) is 27.9 Å². The van der Waals surface area contributed by atoms with Crippen LogP contribution in [0.15, 0.2) is 48.7 Å². The highest BCUT2D eigenvalue weighted by Crippen LogP contribution is 2.26. The maximum Gasteiger partial charge on any atom is 0.262 e. The molecule has 0 saturated carbocycles. The molecule has 0 unspecified atom stereocenters. The summed E-state index contributed by atoms with van der Waals surface area (Å²) in [6, 6.07) is 11.2. The van der Waals surface area contributed by atoms with Gasteiger partial charge in [0.05, 0.1) is 17.8 Å². The molecule has 1 heterocycles. The van der Waals surface area contributed by atoms with Gasteiger partial charge in [0.15, 0.2) is 0 Å². The molecule has 0 aliphatic rings. The second-order valence-corrected chi connectivity index (χ2v) is 6.68. The topological polar surface area (TPSA) is 85.2 Å². The quantitative estimate of drug-likeness (QED) is 0.648. The minimum atomic E-state index is -0.366. The van der Waals surface area contributed by atoms with Gasteiger partial charge < -0.3 is 15.4 Å². The molecular formula is C19H16Cl2N4O3. The number of anilines is 2. The van der Waals surface area contributed by atoms with Gasteiger partial charge in [-0.15, -0.1) is 5.10 Å². The Morgan fingerprint density at radius 1 is 1.04 bits per heavy atom. The lowest BCUT2D eigenvalue weighted by atomic mass is 10.2. The van der Waals surface area contributed by atoms with Crippen LogP contribution in [0.25, 0.3) is 0 Å². The van der Waals surface area contributed by atoms with E-state index in [1.54, 1.807) is 55.7 Å². The maximum absolute atomic E-state index is 12.4. The number of halogens is 2. The number of carbonyl (C=O) groups is 2. The summed E-state index contributed by atoms with van der Waals surface area (Å²) in [7, 11) is 3.14. The van der Waals surface area contributed by atoms with E-state index >= 15 is 0 Å². The Balaban J connectivity index is 1.69. The average molecular weight is 419 g/mol. The van der Waals surface area contributed by atoms with Crippen molar-refractivity contribution in [2.45, 2.75) is 0 Å². The van der Waals surface area contributed by atoms with Crippen LogP contribution in [0.4, 0.5) is 11.4 Å². The van der Waals surface area contributed by atoms with Crippen molar-refractivity contribution in [1.29, 1.82) is 0 Å². The predicted octanol–water partition coefficient (Wildman–Crippen LogP) is 4.24. The highest BCUT2D eigenvalue weighted by Gasteiger charge is 2.17. The van der Waals surface area contributed by atoms with Gasteiger partial charge in [-0.25, -0.2) is 0 Å². The predicted molar refractivity (Wildman–Crippen MR) is 109 cm³/mol. The van der Waals surface area contributed by atoms with Gasteiger partial charge >= 0.3 is 0 Å². The highest BCUT2D eigenvalue weighted by molar-refractivity contribution is 6.36. The third-order valence-electron chi connectivity index (χ3n) is 3.82. The van der Waals surface area contributed by atoms with Crippen LogP contribution in [0.3, 0.4) is 0 Å². The Kier molecular flexibility index (Phi) is 5.87. The van der Waals surface area contributed by atoms with Gasteiger partial charge in [0, 0.05) is 29.5 Å². The zero-order valence-electron chi connectivity index (χ0n) is 15.0. The van der Waals surface area contributed by atoms with E-state index in [9.17, 15) is 9.59 Å². The Morgan fingerprint density at radius 3 is 2.39 bits per heavy atom. The number of benzene rings is 2. The third-order valence-corrected chi connectivity index (χ3v) is 4.36. The molecule has 2 amide bonds. The number of nitrogens with one attached hydrogen (secondary N) is 2. The van der Waals surface area contributed by atoms with Crippen LogP contribution in [-0.4, -0.2) is 28.7 Å². The summed E-state index contributed by atoms with van der Waals surface area (Å²) in [6.07, 6.45) is 1.56. The van der Waals surface area contributed by atoms with Gasteiger partial charge in [-0.1, -0.05) is 23.2 Å². The van der Waals surface area contributed by atoms with E-state index in [2.05, 4.69) is 15.7 Å². The molecule has 0 saturated heterocycles. The SMILES string of the molecule is COc1nn(C)cc1C(=O)Nc1ccc(C(=O)Nc2ccc(Cl)cc2Cl)cc1. The largest absolute Gasteiger partial charge is 0.479 e. The monoisotopic (exact) mass is 418 g/mol. The molecule has 9 heteroatoms. The van der Waals surface area contributed by atoms with Crippen LogP contribution in [0, 0.1) is 0 Å². The molecule has 0 fully saturated rings. The van der Waals surface area contributed by atoms with Crippen molar-refractivity contribution in [1.82, 2.24) is 9.78 Å². The minimum Gasteiger partial charge on any atom is -0.479 e. The molecule has 1 aromatic heterocycles. The van der Waals surface area contributed by atoms with Crippen LogP contribution in [-0.2, 0) is 7.05 Å². The summed E-state index contributed by atoms with van der Waals surface area (Å²) in [4.78, 5) is 24.8. The molecular weight excluding hydrogens is 403 g/mol. The number of aryl methyl sites for hydroxylation is 1. The van der Waals surface area contributed by atoms with Crippen molar-refractivity contribution in [2.24, 2.45) is 7.05 Å². The average Bonchev–Trinajstić information content (AvgIpc) is 3.05. The summed E-state index contributed by atoms with van der Waals surface area (Å²) in [5, 5.41) is 10.3. The number of amides is 2. The smallest absolute Gasteiger partial charge is 0.262 e. The summed E-state index contributed by atoms with van der Waals surface area (Å²) < 4.78 is 6.57. The van der Waals surface area contributed by atoms with E-state index in [0.29, 0.717) is 32.5 Å². The van der Waals surface area contributed by atoms with Crippen LogP contribution < -0.4 is 15.4 Å². The molecule has 28 heavy (non-hydrogen) atoms. The highest BCUT2D eigenvalue weighted by atomic mass is 35.5. The molecule has 2 aromatic carbocycles. The van der Waals surface area contributed by atoms with Crippen molar-refractivity contribution in [3.05, 3.63) is 69.8 Å². The summed E-state index contributed by atoms with van der Waals surface area (Å²) in [6.45, 7) is 0. The number of aromatic nitrogens is 2. The van der Waals surface area contributed by atoms with Crippen LogP contribution in [0.1, 0.15) is 20.7 Å². The maximum atomic E-state index is 12.4. The standard InChI is InChI=1S/C19H16Cl2N4O3/c1-25-10-14(19(24-25)28-2)18(27)22-13-6-3-11(4-7-13)17(26)23-16-8-5-12(20)9-15(16)21/h3-10H,1-2H3,(H,22,27)(H,23,26). The number of ether oxygens (including phenoxy) is 1. The van der Waals surface area contributed by atoms with Crippen LogP contribution >= 0.6 is 23.2 Å². The van der Waals surface area contributed by atoms with Gasteiger partial charge in [-0.3, -0.25) is 14.3 Å². The van der Waals surface area contributed by atoms with E-state index in [-0.39, 0.29) is 17.7 Å². The third kappa shape index (κ3) is 4.44. The van der Waals surface area contributed by atoms with E-state index in [0.717, 1.165) is 0 Å². The van der Waals surface area contributed by atoms with Gasteiger partial charge in [0.1, 0.15) is 5.56 Å². The first-order chi connectivity index (χ1) is 13.4. The number of carbonyl (C=O) groups excluding carboxylic acids is 2. The van der Waals surface area contributed by atoms with Gasteiger partial charge in [-0.2, -0.15) is 0 Å². The van der Waals surface area contributed by atoms with Crippen molar-refractivity contribution >= 4 is 46.4 Å². The fourth-order valence-electron chi connectivity index (χ4n) is 2.46. The molecule has 0 aliphatic heterocycles. The number of hydrogen-bond donors (Lipinski definition) is 2. The molecule has 0 aliphatic carbocycles. The van der Waals surface area contributed by atoms with Gasteiger partial charge in [-0.05, 0) is 42.5 Å². The van der Waals surface area contributed by atoms with Crippen LogP contribution in [0.5, 0.6) is 5.88 Å². The number of methoxy groups -OCH3 is 1. The van der Waals surface area contributed by atoms with Crippen molar-refractivity contribution in [3.8, 4) is 5.88 Å². The molecule has 0 radical (unpaired) electrons.